The van der Waals surface area contributed by atoms with Crippen LogP contribution in [0, 0.1) is 5.92 Å². The van der Waals surface area contributed by atoms with Gasteiger partial charge in [-0.15, -0.1) is 6.58 Å². The molecule has 1 fully saturated rings. The molecule has 1 aliphatic rings. The molecule has 0 aromatic carbocycles. The average molecular weight is 238 g/mol. The molecule has 0 amide bonds. The number of alkyl halides is 3. The second-order valence-corrected chi connectivity index (χ2v) is 4.04. The molecule has 0 bridgehead atoms. The second kappa shape index (κ2) is 4.75. The lowest BCUT2D eigenvalue weighted by atomic mass is 9.90. The zero-order chi connectivity index (χ0) is 12.4. The van der Waals surface area contributed by atoms with Crippen LogP contribution in [0.3, 0.4) is 0 Å². The molecular weight excluding hydrogens is 221 g/mol. The van der Waals surface area contributed by atoms with Crippen molar-refractivity contribution < 1.29 is 22.6 Å². The van der Waals surface area contributed by atoms with E-state index in [4.69, 9.17) is 9.47 Å². The van der Waals surface area contributed by atoms with Crippen LogP contribution in [0.1, 0.15) is 26.2 Å². The molecular formula is C11H17F3O2. The maximum absolute atomic E-state index is 13.1. The van der Waals surface area contributed by atoms with E-state index in [9.17, 15) is 13.2 Å². The van der Waals surface area contributed by atoms with Crippen molar-refractivity contribution in [3.05, 3.63) is 12.7 Å². The van der Waals surface area contributed by atoms with Gasteiger partial charge in [-0.25, -0.2) is 0 Å². The Labute approximate surface area is 93.4 Å². The number of rotatable bonds is 4. The van der Waals surface area contributed by atoms with Crippen molar-refractivity contribution in [1.82, 2.24) is 0 Å². The summed E-state index contributed by atoms with van der Waals surface area (Å²) in [6.45, 7) is 4.93. The van der Waals surface area contributed by atoms with Gasteiger partial charge in [0.1, 0.15) is 0 Å². The zero-order valence-electron chi connectivity index (χ0n) is 9.51. The summed E-state index contributed by atoms with van der Waals surface area (Å²) in [7, 11) is 1.33. The number of hydrogen-bond donors (Lipinski definition) is 0. The Bertz CT molecular complexity index is 252. The first-order valence-corrected chi connectivity index (χ1v) is 5.27. The molecule has 5 heteroatoms. The fraction of sp³-hybridized carbons (Fsp3) is 0.818. The van der Waals surface area contributed by atoms with Crippen LogP contribution in [0.25, 0.3) is 0 Å². The van der Waals surface area contributed by atoms with E-state index in [0.29, 0.717) is 12.8 Å². The predicted octanol–water partition coefficient (Wildman–Crippen LogP) is 3.28. The number of methoxy groups -OCH3 is 1. The average Bonchev–Trinajstić information content (AvgIpc) is 2.61. The summed E-state index contributed by atoms with van der Waals surface area (Å²) < 4.78 is 49.2. The van der Waals surface area contributed by atoms with Gasteiger partial charge in [0.2, 0.25) is 0 Å². The summed E-state index contributed by atoms with van der Waals surface area (Å²) >= 11 is 0. The maximum Gasteiger partial charge on any atom is 0.418 e. The molecule has 1 rings (SSSR count). The van der Waals surface area contributed by atoms with E-state index >= 15 is 0 Å². The SMILES string of the molecule is C=CC1CCCC1(OC(C)OC)C(F)(F)F. The smallest absolute Gasteiger partial charge is 0.356 e. The lowest BCUT2D eigenvalue weighted by molar-refractivity contribution is -0.324. The molecule has 0 N–H and O–H groups in total. The van der Waals surface area contributed by atoms with Crippen molar-refractivity contribution in [3.63, 3.8) is 0 Å². The van der Waals surface area contributed by atoms with Crippen molar-refractivity contribution >= 4 is 0 Å². The van der Waals surface area contributed by atoms with E-state index in [0.717, 1.165) is 0 Å². The highest BCUT2D eigenvalue weighted by atomic mass is 19.4. The molecule has 1 saturated carbocycles. The molecule has 3 atom stereocenters. The van der Waals surface area contributed by atoms with E-state index in [1.807, 2.05) is 0 Å². The lowest BCUT2D eigenvalue weighted by Gasteiger charge is -2.37. The Balaban J connectivity index is 2.97. The highest BCUT2D eigenvalue weighted by molar-refractivity contribution is 5.06. The minimum absolute atomic E-state index is 0.0269. The highest BCUT2D eigenvalue weighted by Gasteiger charge is 2.62. The van der Waals surface area contributed by atoms with Crippen LogP contribution in [-0.4, -0.2) is 25.2 Å². The Kier molecular flexibility index (Phi) is 4.02. The van der Waals surface area contributed by atoms with Crippen molar-refractivity contribution in [2.45, 2.75) is 44.3 Å². The Hall–Kier alpha value is -0.550. The molecule has 0 aliphatic heterocycles. The third kappa shape index (κ3) is 2.25. The van der Waals surface area contributed by atoms with Crippen molar-refractivity contribution in [2.24, 2.45) is 5.92 Å². The maximum atomic E-state index is 13.1. The lowest BCUT2D eigenvalue weighted by Crippen LogP contribution is -2.51. The normalized spacial score (nSPS) is 32.7. The molecule has 0 spiro atoms. The highest BCUT2D eigenvalue weighted by Crippen LogP contribution is 2.50. The molecule has 0 aromatic rings. The van der Waals surface area contributed by atoms with Crippen molar-refractivity contribution in [2.75, 3.05) is 7.11 Å². The minimum Gasteiger partial charge on any atom is -0.356 e. The largest absolute Gasteiger partial charge is 0.418 e. The molecule has 0 saturated heterocycles. The van der Waals surface area contributed by atoms with Gasteiger partial charge in [-0.1, -0.05) is 6.08 Å². The van der Waals surface area contributed by atoms with Crippen LogP contribution in [0.2, 0.25) is 0 Å². The number of halogens is 3. The summed E-state index contributed by atoms with van der Waals surface area (Å²) in [5.74, 6) is -0.690. The van der Waals surface area contributed by atoms with Gasteiger partial charge in [-0.3, -0.25) is 0 Å². The van der Waals surface area contributed by atoms with Gasteiger partial charge in [0.05, 0.1) is 0 Å². The van der Waals surface area contributed by atoms with Gasteiger partial charge in [-0.2, -0.15) is 13.2 Å². The summed E-state index contributed by atoms with van der Waals surface area (Å²) in [5, 5.41) is 0. The van der Waals surface area contributed by atoms with Gasteiger partial charge >= 0.3 is 6.18 Å². The quantitative estimate of drug-likeness (QED) is 0.552. The van der Waals surface area contributed by atoms with Crippen LogP contribution in [-0.2, 0) is 9.47 Å². The molecule has 3 unspecified atom stereocenters. The first kappa shape index (κ1) is 13.5. The molecule has 16 heavy (non-hydrogen) atoms. The molecule has 2 nitrogen and oxygen atoms in total. The molecule has 94 valence electrons. The fourth-order valence-electron chi connectivity index (χ4n) is 2.22. The summed E-state index contributed by atoms with van der Waals surface area (Å²) in [5.41, 5.74) is -2.12. The third-order valence-electron chi connectivity index (χ3n) is 3.13. The van der Waals surface area contributed by atoms with Crippen LogP contribution in [0.5, 0.6) is 0 Å². The number of ether oxygens (including phenoxy) is 2. The van der Waals surface area contributed by atoms with E-state index in [1.165, 1.54) is 20.1 Å². The zero-order valence-corrected chi connectivity index (χ0v) is 9.51. The predicted molar refractivity (Wildman–Crippen MR) is 53.9 cm³/mol. The van der Waals surface area contributed by atoms with Gasteiger partial charge in [0, 0.05) is 13.0 Å². The second-order valence-electron chi connectivity index (χ2n) is 4.04. The fourth-order valence-corrected chi connectivity index (χ4v) is 2.22. The molecule has 0 heterocycles. The Morgan fingerprint density at radius 3 is 2.56 bits per heavy atom. The first-order chi connectivity index (χ1) is 7.37. The molecule has 0 radical (unpaired) electrons. The van der Waals surface area contributed by atoms with E-state index in [2.05, 4.69) is 6.58 Å². The van der Waals surface area contributed by atoms with Crippen LogP contribution in [0.15, 0.2) is 12.7 Å². The monoisotopic (exact) mass is 238 g/mol. The molecule has 1 aliphatic carbocycles. The summed E-state index contributed by atoms with van der Waals surface area (Å²) in [6.07, 6.45) is -3.01. The Morgan fingerprint density at radius 1 is 1.50 bits per heavy atom. The van der Waals surface area contributed by atoms with Crippen LogP contribution >= 0.6 is 0 Å². The van der Waals surface area contributed by atoms with Gasteiger partial charge in [0.25, 0.3) is 0 Å². The van der Waals surface area contributed by atoms with Crippen LogP contribution < -0.4 is 0 Å². The topological polar surface area (TPSA) is 18.5 Å². The number of hydrogen-bond acceptors (Lipinski definition) is 2. The van der Waals surface area contributed by atoms with Crippen molar-refractivity contribution in [3.8, 4) is 0 Å². The Morgan fingerprint density at radius 2 is 2.12 bits per heavy atom. The van der Waals surface area contributed by atoms with Crippen molar-refractivity contribution in [1.29, 1.82) is 0 Å². The van der Waals surface area contributed by atoms with Gasteiger partial charge in [-0.05, 0) is 26.2 Å². The van der Waals surface area contributed by atoms with Crippen LogP contribution in [0.4, 0.5) is 13.2 Å². The van der Waals surface area contributed by atoms with Gasteiger partial charge in [0.15, 0.2) is 11.9 Å². The summed E-state index contributed by atoms with van der Waals surface area (Å²) in [6, 6.07) is 0. The van der Waals surface area contributed by atoms with E-state index in [1.54, 1.807) is 0 Å². The third-order valence-corrected chi connectivity index (χ3v) is 3.13. The molecule has 0 aromatic heterocycles. The minimum atomic E-state index is -4.39. The summed E-state index contributed by atoms with van der Waals surface area (Å²) in [4.78, 5) is 0. The van der Waals surface area contributed by atoms with Gasteiger partial charge < -0.3 is 9.47 Å². The van der Waals surface area contributed by atoms with E-state index in [-0.39, 0.29) is 6.42 Å². The first-order valence-electron chi connectivity index (χ1n) is 5.27. The van der Waals surface area contributed by atoms with E-state index < -0.39 is 24.0 Å². The standard InChI is InChI=1S/C11H17F3O2/c1-4-9-6-5-7-10(9,11(12,13)14)16-8(2)15-3/h4,8-9H,1,5-7H2,2-3H3.